The third kappa shape index (κ3) is 2.62. The van der Waals surface area contributed by atoms with Crippen LogP contribution in [0.25, 0.3) is 0 Å². The van der Waals surface area contributed by atoms with Crippen LogP contribution in [-0.4, -0.2) is 21.7 Å². The Labute approximate surface area is 74.8 Å². The molecule has 0 spiro atoms. The van der Waals surface area contributed by atoms with Crippen molar-refractivity contribution >= 4 is 11.8 Å². The Morgan fingerprint density at radius 1 is 1.23 bits per heavy atom. The van der Waals surface area contributed by atoms with E-state index in [0.717, 1.165) is 0 Å². The van der Waals surface area contributed by atoms with Crippen molar-refractivity contribution in [3.63, 3.8) is 0 Å². The Kier molecular flexibility index (Phi) is 2.69. The zero-order valence-corrected chi connectivity index (χ0v) is 7.27. The van der Waals surface area contributed by atoms with Gasteiger partial charge in [-0.2, -0.15) is 0 Å². The Bertz CT molecular complexity index is 332. The topological polar surface area (TPSA) is 69.2 Å². The van der Waals surface area contributed by atoms with Crippen molar-refractivity contribution in [3.8, 4) is 5.75 Å². The second kappa shape index (κ2) is 3.75. The zero-order valence-electron chi connectivity index (χ0n) is 7.27. The van der Waals surface area contributed by atoms with E-state index in [1.165, 1.54) is 26.2 Å². The molecule has 1 aromatic rings. The van der Waals surface area contributed by atoms with Gasteiger partial charge in [-0.3, -0.25) is 9.59 Å². The van der Waals surface area contributed by atoms with Crippen LogP contribution in [0.2, 0.25) is 0 Å². The van der Waals surface area contributed by atoms with Gasteiger partial charge in [-0.1, -0.05) is 0 Å². The largest absolute Gasteiger partial charge is 0.423 e. The molecule has 1 rings (SSSR count). The van der Waals surface area contributed by atoms with Gasteiger partial charge in [0, 0.05) is 13.8 Å². The van der Waals surface area contributed by atoms with Crippen molar-refractivity contribution in [1.82, 2.24) is 9.97 Å². The first-order valence-corrected chi connectivity index (χ1v) is 3.61. The average Bonchev–Trinajstić information content (AvgIpc) is 2.04. The molecule has 68 valence electrons. The number of carbonyl (C=O) groups is 2. The molecule has 0 saturated heterocycles. The lowest BCUT2D eigenvalue weighted by Gasteiger charge is -1.99. The number of nitrogens with zero attached hydrogens (tertiary/aromatic N) is 2. The molecule has 0 atom stereocenters. The van der Waals surface area contributed by atoms with Gasteiger partial charge in [-0.25, -0.2) is 9.97 Å². The highest BCUT2D eigenvalue weighted by Crippen LogP contribution is 2.06. The van der Waals surface area contributed by atoms with Gasteiger partial charge in [-0.05, 0) is 0 Å². The van der Waals surface area contributed by atoms with Gasteiger partial charge in [-0.15, -0.1) is 0 Å². The Morgan fingerprint density at radius 2 is 1.77 bits per heavy atom. The number of rotatable bonds is 2. The Morgan fingerprint density at radius 3 is 2.15 bits per heavy atom. The third-order valence-electron chi connectivity index (χ3n) is 1.20. The summed E-state index contributed by atoms with van der Waals surface area (Å²) in [6.45, 7) is 2.64. The second-order valence-electron chi connectivity index (χ2n) is 2.39. The van der Waals surface area contributed by atoms with Gasteiger partial charge in [0.05, 0.1) is 12.4 Å². The monoisotopic (exact) mass is 180 g/mol. The molecule has 1 aromatic heterocycles. The van der Waals surface area contributed by atoms with Crippen molar-refractivity contribution in [3.05, 3.63) is 18.2 Å². The molecule has 0 fully saturated rings. The maximum atomic E-state index is 10.7. The van der Waals surface area contributed by atoms with E-state index >= 15 is 0 Å². The maximum Gasteiger partial charge on any atom is 0.308 e. The lowest BCUT2D eigenvalue weighted by molar-refractivity contribution is -0.131. The first-order chi connectivity index (χ1) is 6.09. The summed E-state index contributed by atoms with van der Waals surface area (Å²) in [7, 11) is 0. The standard InChI is InChI=1S/C8H8N2O3/c1-5(11)8-9-3-7(4-10-8)13-6(2)12/h3-4H,1-2H3. The summed E-state index contributed by atoms with van der Waals surface area (Å²) < 4.78 is 4.67. The summed E-state index contributed by atoms with van der Waals surface area (Å²) >= 11 is 0. The number of hydrogen-bond donors (Lipinski definition) is 0. The van der Waals surface area contributed by atoms with E-state index in [1.54, 1.807) is 0 Å². The molecule has 0 bridgehead atoms. The van der Waals surface area contributed by atoms with Gasteiger partial charge in [0.15, 0.2) is 17.4 Å². The van der Waals surface area contributed by atoms with Crippen LogP contribution < -0.4 is 4.74 Å². The minimum atomic E-state index is -0.445. The van der Waals surface area contributed by atoms with E-state index in [1.807, 2.05) is 0 Å². The smallest absolute Gasteiger partial charge is 0.308 e. The summed E-state index contributed by atoms with van der Waals surface area (Å²) in [6, 6.07) is 0. The molecular weight excluding hydrogens is 172 g/mol. The van der Waals surface area contributed by atoms with E-state index in [0.29, 0.717) is 0 Å². The second-order valence-corrected chi connectivity index (χ2v) is 2.39. The number of ether oxygens (including phenoxy) is 1. The van der Waals surface area contributed by atoms with Crippen LogP contribution in [-0.2, 0) is 4.79 Å². The number of Topliss-reactive ketones (excluding diaryl/α,β-unsaturated/α-hetero) is 1. The van der Waals surface area contributed by atoms with Crippen LogP contribution in [0.15, 0.2) is 12.4 Å². The number of ketones is 1. The lowest BCUT2D eigenvalue weighted by atomic mass is 10.4. The third-order valence-corrected chi connectivity index (χ3v) is 1.20. The molecule has 0 aliphatic carbocycles. The number of aromatic nitrogens is 2. The Hall–Kier alpha value is -1.78. The number of hydrogen-bond acceptors (Lipinski definition) is 5. The van der Waals surface area contributed by atoms with E-state index in [4.69, 9.17) is 0 Å². The first-order valence-electron chi connectivity index (χ1n) is 3.61. The molecule has 0 amide bonds. The van der Waals surface area contributed by atoms with Crippen molar-refractivity contribution in [1.29, 1.82) is 0 Å². The summed E-state index contributed by atoms with van der Waals surface area (Å²) in [6.07, 6.45) is 2.57. The van der Waals surface area contributed by atoms with E-state index in [9.17, 15) is 9.59 Å². The quantitative estimate of drug-likeness (QED) is 0.492. The highest BCUT2D eigenvalue weighted by Gasteiger charge is 2.03. The molecule has 0 radical (unpaired) electrons. The molecule has 5 nitrogen and oxygen atoms in total. The van der Waals surface area contributed by atoms with E-state index < -0.39 is 5.97 Å². The molecule has 0 saturated carbocycles. The number of esters is 1. The summed E-state index contributed by atoms with van der Waals surface area (Å²) in [5.74, 6) is -0.332. The average molecular weight is 180 g/mol. The molecule has 0 aromatic carbocycles. The molecule has 5 heteroatoms. The van der Waals surface area contributed by atoms with Gasteiger partial charge in [0.1, 0.15) is 0 Å². The normalized spacial score (nSPS) is 9.38. The highest BCUT2D eigenvalue weighted by atomic mass is 16.5. The van der Waals surface area contributed by atoms with Crippen molar-refractivity contribution in [2.45, 2.75) is 13.8 Å². The molecule has 1 heterocycles. The maximum absolute atomic E-state index is 10.7. The fourth-order valence-corrected chi connectivity index (χ4v) is 0.717. The van der Waals surface area contributed by atoms with Crippen LogP contribution in [0.3, 0.4) is 0 Å². The molecule has 0 N–H and O–H groups in total. The zero-order chi connectivity index (χ0) is 9.84. The number of carbonyl (C=O) groups excluding carboxylic acids is 2. The van der Waals surface area contributed by atoms with Gasteiger partial charge < -0.3 is 4.74 Å². The van der Waals surface area contributed by atoms with E-state index in [2.05, 4.69) is 14.7 Å². The first kappa shape index (κ1) is 9.31. The van der Waals surface area contributed by atoms with Gasteiger partial charge in [0.25, 0.3) is 0 Å². The predicted molar refractivity (Wildman–Crippen MR) is 43.3 cm³/mol. The molecule has 0 aliphatic rings. The lowest BCUT2D eigenvalue weighted by Crippen LogP contribution is -2.05. The molecule has 0 aliphatic heterocycles. The molecule has 0 unspecified atom stereocenters. The summed E-state index contributed by atoms with van der Waals surface area (Å²) in [5, 5.41) is 0. The molecule has 13 heavy (non-hydrogen) atoms. The van der Waals surface area contributed by atoms with Crippen LogP contribution in [0, 0.1) is 0 Å². The minimum absolute atomic E-state index is 0.107. The van der Waals surface area contributed by atoms with Gasteiger partial charge in [0.2, 0.25) is 0 Å². The van der Waals surface area contributed by atoms with Crippen molar-refractivity contribution < 1.29 is 14.3 Å². The van der Waals surface area contributed by atoms with Crippen LogP contribution in [0.4, 0.5) is 0 Å². The van der Waals surface area contributed by atoms with Gasteiger partial charge >= 0.3 is 5.97 Å². The van der Waals surface area contributed by atoms with Crippen molar-refractivity contribution in [2.75, 3.05) is 0 Å². The summed E-state index contributed by atoms with van der Waals surface area (Å²) in [5.41, 5.74) is 0. The van der Waals surface area contributed by atoms with E-state index in [-0.39, 0.29) is 17.4 Å². The SMILES string of the molecule is CC(=O)Oc1cnc(C(C)=O)nc1. The molecular formula is C8H8N2O3. The highest BCUT2D eigenvalue weighted by molar-refractivity contribution is 5.90. The van der Waals surface area contributed by atoms with Crippen LogP contribution in [0.5, 0.6) is 5.75 Å². The minimum Gasteiger partial charge on any atom is -0.423 e. The Balaban J connectivity index is 2.81. The fourth-order valence-electron chi connectivity index (χ4n) is 0.717. The van der Waals surface area contributed by atoms with Crippen molar-refractivity contribution in [2.24, 2.45) is 0 Å². The van der Waals surface area contributed by atoms with Crippen LogP contribution in [0.1, 0.15) is 24.5 Å². The fraction of sp³-hybridized carbons (Fsp3) is 0.250. The predicted octanol–water partition coefficient (Wildman–Crippen LogP) is 0.604. The van der Waals surface area contributed by atoms with Crippen LogP contribution >= 0.6 is 0 Å². The summed E-state index contributed by atoms with van der Waals surface area (Å²) in [4.78, 5) is 28.6.